The second kappa shape index (κ2) is 5.19. The van der Waals surface area contributed by atoms with Gasteiger partial charge in [-0.15, -0.1) is 0 Å². The molecule has 1 fully saturated rings. The maximum absolute atomic E-state index is 10.9. The number of hydrogen-bond donors (Lipinski definition) is 1. The second-order valence-corrected chi connectivity index (χ2v) is 3.41. The van der Waals surface area contributed by atoms with Gasteiger partial charge in [-0.1, -0.05) is 6.42 Å². The molecule has 0 radical (unpaired) electrons. The van der Waals surface area contributed by atoms with Gasteiger partial charge >= 0.3 is 5.97 Å². The Morgan fingerprint density at radius 3 is 2.54 bits per heavy atom. The molecule has 1 N–H and O–H groups in total. The van der Waals surface area contributed by atoms with Gasteiger partial charge in [-0.3, -0.25) is 9.69 Å². The maximum Gasteiger partial charge on any atom is 0.323 e. The van der Waals surface area contributed by atoms with Crippen LogP contribution in [0.2, 0.25) is 0 Å². The number of aliphatic carboxylic acids is 1. The number of carboxylic acids is 1. The first kappa shape index (κ1) is 10.5. The van der Waals surface area contributed by atoms with Gasteiger partial charge in [0.2, 0.25) is 0 Å². The summed E-state index contributed by atoms with van der Waals surface area (Å²) in [7, 11) is 1.54. The number of carboxylic acid groups (broad SMARTS) is 1. The fraction of sp³-hybridized carbons (Fsp3) is 0.889. The molecule has 0 aromatic heterocycles. The number of methoxy groups -OCH3 is 1. The topological polar surface area (TPSA) is 49.8 Å². The molecular weight excluding hydrogens is 170 g/mol. The van der Waals surface area contributed by atoms with Crippen molar-refractivity contribution in [2.45, 2.75) is 25.3 Å². The molecule has 1 aliphatic heterocycles. The summed E-state index contributed by atoms with van der Waals surface area (Å²) in [6, 6.07) is -0.453. The van der Waals surface area contributed by atoms with E-state index >= 15 is 0 Å². The molecule has 4 heteroatoms. The Hall–Kier alpha value is -0.610. The van der Waals surface area contributed by atoms with Crippen LogP contribution < -0.4 is 0 Å². The normalized spacial score (nSPS) is 21.3. The number of hydrogen-bond acceptors (Lipinski definition) is 3. The number of rotatable bonds is 4. The lowest BCUT2D eigenvalue weighted by molar-refractivity contribution is -0.145. The summed E-state index contributed by atoms with van der Waals surface area (Å²) in [4.78, 5) is 12.9. The van der Waals surface area contributed by atoms with Crippen LogP contribution in [0, 0.1) is 0 Å². The molecule has 0 amide bonds. The van der Waals surface area contributed by atoms with E-state index in [1.807, 2.05) is 4.90 Å². The molecule has 1 atom stereocenters. The Kier molecular flexibility index (Phi) is 4.18. The molecular formula is C9H17NO3. The fourth-order valence-corrected chi connectivity index (χ4v) is 1.72. The average molecular weight is 187 g/mol. The molecule has 4 nitrogen and oxygen atoms in total. The minimum absolute atomic E-state index is 0.287. The van der Waals surface area contributed by atoms with Crippen molar-refractivity contribution in [2.75, 3.05) is 26.8 Å². The molecule has 0 aromatic carbocycles. The summed E-state index contributed by atoms with van der Waals surface area (Å²) in [5, 5.41) is 8.93. The summed E-state index contributed by atoms with van der Waals surface area (Å²) in [6.45, 7) is 2.07. The molecule has 0 spiro atoms. The minimum atomic E-state index is -0.774. The SMILES string of the molecule is COCC(C(=O)O)N1CCCCC1. The summed E-state index contributed by atoms with van der Waals surface area (Å²) >= 11 is 0. The van der Waals surface area contributed by atoms with Crippen molar-refractivity contribution < 1.29 is 14.6 Å². The lowest BCUT2D eigenvalue weighted by atomic mass is 10.1. The van der Waals surface area contributed by atoms with Gasteiger partial charge in [-0.25, -0.2) is 0 Å². The smallest absolute Gasteiger partial charge is 0.323 e. The van der Waals surface area contributed by atoms with Crippen LogP contribution in [0.3, 0.4) is 0 Å². The zero-order valence-corrected chi connectivity index (χ0v) is 8.03. The lowest BCUT2D eigenvalue weighted by Crippen LogP contribution is -2.46. The van der Waals surface area contributed by atoms with E-state index < -0.39 is 12.0 Å². The van der Waals surface area contributed by atoms with Gasteiger partial charge in [0, 0.05) is 7.11 Å². The van der Waals surface area contributed by atoms with Crippen molar-refractivity contribution in [3.63, 3.8) is 0 Å². The van der Waals surface area contributed by atoms with Crippen LogP contribution in [0.15, 0.2) is 0 Å². The third-order valence-corrected chi connectivity index (χ3v) is 2.44. The Bertz CT molecular complexity index is 166. The molecule has 0 bridgehead atoms. The van der Waals surface area contributed by atoms with Crippen molar-refractivity contribution in [3.8, 4) is 0 Å². The summed E-state index contributed by atoms with van der Waals surface area (Å²) < 4.78 is 4.90. The van der Waals surface area contributed by atoms with Gasteiger partial charge in [0.15, 0.2) is 0 Å². The Morgan fingerprint density at radius 1 is 1.46 bits per heavy atom. The third-order valence-electron chi connectivity index (χ3n) is 2.44. The first-order valence-corrected chi connectivity index (χ1v) is 4.71. The van der Waals surface area contributed by atoms with Crippen LogP contribution in [-0.2, 0) is 9.53 Å². The van der Waals surface area contributed by atoms with E-state index in [0.717, 1.165) is 25.9 Å². The quantitative estimate of drug-likeness (QED) is 0.699. The largest absolute Gasteiger partial charge is 0.480 e. The fourth-order valence-electron chi connectivity index (χ4n) is 1.72. The van der Waals surface area contributed by atoms with Gasteiger partial charge in [0.1, 0.15) is 6.04 Å². The third kappa shape index (κ3) is 2.97. The number of likely N-dealkylation sites (tertiary alicyclic amines) is 1. The van der Waals surface area contributed by atoms with Crippen LogP contribution in [0.25, 0.3) is 0 Å². The molecule has 0 saturated carbocycles. The minimum Gasteiger partial charge on any atom is -0.480 e. The highest BCUT2D eigenvalue weighted by Gasteiger charge is 2.26. The van der Waals surface area contributed by atoms with E-state index in [4.69, 9.17) is 9.84 Å². The Labute approximate surface area is 78.5 Å². The van der Waals surface area contributed by atoms with Gasteiger partial charge in [0.25, 0.3) is 0 Å². The summed E-state index contributed by atoms with van der Waals surface area (Å²) in [6.07, 6.45) is 3.43. The van der Waals surface area contributed by atoms with Crippen molar-refractivity contribution in [1.29, 1.82) is 0 Å². The van der Waals surface area contributed by atoms with E-state index in [2.05, 4.69) is 0 Å². The highest BCUT2D eigenvalue weighted by atomic mass is 16.5. The predicted molar refractivity (Wildman–Crippen MR) is 48.7 cm³/mol. The van der Waals surface area contributed by atoms with Crippen molar-refractivity contribution in [2.24, 2.45) is 0 Å². The van der Waals surface area contributed by atoms with Gasteiger partial charge in [-0.05, 0) is 25.9 Å². The van der Waals surface area contributed by atoms with Gasteiger partial charge in [0.05, 0.1) is 6.61 Å². The molecule has 1 unspecified atom stereocenters. The van der Waals surface area contributed by atoms with Crippen LogP contribution in [0.1, 0.15) is 19.3 Å². The molecule has 0 aromatic rings. The van der Waals surface area contributed by atoms with E-state index in [1.54, 1.807) is 7.11 Å². The zero-order valence-electron chi connectivity index (χ0n) is 8.03. The molecule has 76 valence electrons. The maximum atomic E-state index is 10.9. The number of ether oxygens (including phenoxy) is 1. The van der Waals surface area contributed by atoms with Crippen LogP contribution in [-0.4, -0.2) is 48.8 Å². The molecule has 1 rings (SSSR count). The van der Waals surface area contributed by atoms with Gasteiger partial charge < -0.3 is 9.84 Å². The molecule has 13 heavy (non-hydrogen) atoms. The lowest BCUT2D eigenvalue weighted by Gasteiger charge is -2.31. The monoisotopic (exact) mass is 187 g/mol. The van der Waals surface area contributed by atoms with Crippen molar-refractivity contribution in [1.82, 2.24) is 4.90 Å². The standard InChI is InChI=1S/C9H17NO3/c1-13-7-8(9(11)12)10-5-3-2-4-6-10/h8H,2-7H2,1H3,(H,11,12). The van der Waals surface area contributed by atoms with Crippen LogP contribution in [0.5, 0.6) is 0 Å². The predicted octanol–water partition coefficient (Wildman–Crippen LogP) is 0.572. The number of carbonyl (C=O) groups is 1. The number of piperidine rings is 1. The first-order chi connectivity index (χ1) is 6.25. The highest BCUT2D eigenvalue weighted by molar-refractivity contribution is 5.73. The molecule has 1 aliphatic rings. The summed E-state index contributed by atoms with van der Waals surface area (Å²) in [5.74, 6) is -0.774. The van der Waals surface area contributed by atoms with Crippen LogP contribution >= 0.6 is 0 Å². The van der Waals surface area contributed by atoms with Crippen LogP contribution in [0.4, 0.5) is 0 Å². The average Bonchev–Trinajstić information content (AvgIpc) is 2.15. The number of nitrogens with zero attached hydrogens (tertiary/aromatic N) is 1. The highest BCUT2D eigenvalue weighted by Crippen LogP contribution is 2.12. The molecule has 1 saturated heterocycles. The Balaban J connectivity index is 2.46. The van der Waals surface area contributed by atoms with Gasteiger partial charge in [-0.2, -0.15) is 0 Å². The second-order valence-electron chi connectivity index (χ2n) is 3.41. The van der Waals surface area contributed by atoms with E-state index in [9.17, 15) is 4.79 Å². The first-order valence-electron chi connectivity index (χ1n) is 4.71. The van der Waals surface area contributed by atoms with E-state index in [0.29, 0.717) is 0 Å². The Morgan fingerprint density at radius 2 is 2.08 bits per heavy atom. The summed E-state index contributed by atoms with van der Waals surface area (Å²) in [5.41, 5.74) is 0. The van der Waals surface area contributed by atoms with E-state index in [1.165, 1.54) is 6.42 Å². The van der Waals surface area contributed by atoms with Crippen molar-refractivity contribution >= 4 is 5.97 Å². The molecule has 1 heterocycles. The molecule has 0 aliphatic carbocycles. The van der Waals surface area contributed by atoms with Crippen molar-refractivity contribution in [3.05, 3.63) is 0 Å². The zero-order chi connectivity index (χ0) is 9.68. The van der Waals surface area contributed by atoms with E-state index in [-0.39, 0.29) is 6.61 Å².